The molecule has 6 N–H and O–H groups in total. The van der Waals surface area contributed by atoms with Gasteiger partial charge < -0.3 is 25.8 Å². The van der Waals surface area contributed by atoms with Gasteiger partial charge in [-0.1, -0.05) is 0 Å². The number of amidine groups is 2. The summed E-state index contributed by atoms with van der Waals surface area (Å²) in [5.74, 6) is 1.75. The minimum absolute atomic E-state index is 0.0688. The standard InChI is InChI=1S/C23H32N6O2/c24-22(25)18-2-6-20(7-3-18)30-16-1-10-28-11-13-29(14-12-28)15-17-31-21-8-4-19(5-9-21)23(26)27/h2-9H,1,10-17H2,(H3,24,25)(H3,26,27). The fourth-order valence-electron chi connectivity index (χ4n) is 3.47. The maximum Gasteiger partial charge on any atom is 0.122 e. The topological polar surface area (TPSA) is 125 Å². The molecule has 0 spiro atoms. The Bertz CT molecular complexity index is 845. The van der Waals surface area contributed by atoms with Crippen molar-refractivity contribution in [1.82, 2.24) is 9.80 Å². The van der Waals surface area contributed by atoms with Gasteiger partial charge in [0.15, 0.2) is 0 Å². The number of nitrogens with one attached hydrogen (secondary N) is 2. The van der Waals surface area contributed by atoms with Crippen molar-refractivity contribution in [3.8, 4) is 11.5 Å². The summed E-state index contributed by atoms with van der Waals surface area (Å²) in [5, 5.41) is 14.8. The van der Waals surface area contributed by atoms with Gasteiger partial charge in [0.1, 0.15) is 29.8 Å². The van der Waals surface area contributed by atoms with Crippen molar-refractivity contribution in [3.63, 3.8) is 0 Å². The average molecular weight is 425 g/mol. The van der Waals surface area contributed by atoms with Crippen LogP contribution in [0.5, 0.6) is 11.5 Å². The molecule has 0 bridgehead atoms. The molecule has 1 saturated heterocycles. The largest absolute Gasteiger partial charge is 0.494 e. The lowest BCUT2D eigenvalue weighted by atomic mass is 10.2. The Morgan fingerprint density at radius 2 is 1.10 bits per heavy atom. The number of piperazine rings is 1. The highest BCUT2D eigenvalue weighted by atomic mass is 16.5. The summed E-state index contributed by atoms with van der Waals surface area (Å²) < 4.78 is 11.6. The first-order valence-electron chi connectivity index (χ1n) is 10.6. The Morgan fingerprint density at radius 1 is 0.677 bits per heavy atom. The van der Waals surface area contributed by atoms with E-state index < -0.39 is 0 Å². The van der Waals surface area contributed by atoms with Gasteiger partial charge in [-0.25, -0.2) is 0 Å². The van der Waals surface area contributed by atoms with E-state index in [4.69, 9.17) is 31.8 Å². The zero-order valence-electron chi connectivity index (χ0n) is 17.8. The van der Waals surface area contributed by atoms with E-state index in [1.165, 1.54) is 0 Å². The summed E-state index contributed by atoms with van der Waals surface area (Å²) in [6, 6.07) is 14.7. The van der Waals surface area contributed by atoms with E-state index in [-0.39, 0.29) is 11.7 Å². The smallest absolute Gasteiger partial charge is 0.122 e. The summed E-state index contributed by atoms with van der Waals surface area (Å²) >= 11 is 0. The molecule has 0 amide bonds. The molecule has 8 heteroatoms. The first kappa shape index (κ1) is 22.6. The van der Waals surface area contributed by atoms with Crippen LogP contribution in [0.3, 0.4) is 0 Å². The van der Waals surface area contributed by atoms with Crippen LogP contribution in [-0.4, -0.2) is 74.0 Å². The lowest BCUT2D eigenvalue weighted by Gasteiger charge is -2.34. The van der Waals surface area contributed by atoms with Crippen molar-refractivity contribution in [1.29, 1.82) is 10.8 Å². The van der Waals surface area contributed by atoms with E-state index >= 15 is 0 Å². The summed E-state index contributed by atoms with van der Waals surface area (Å²) in [7, 11) is 0. The summed E-state index contributed by atoms with van der Waals surface area (Å²) in [6.45, 7) is 7.45. The van der Waals surface area contributed by atoms with Crippen LogP contribution in [0.2, 0.25) is 0 Å². The number of nitrogens with two attached hydrogens (primary N) is 2. The van der Waals surface area contributed by atoms with Crippen molar-refractivity contribution >= 4 is 11.7 Å². The van der Waals surface area contributed by atoms with Crippen molar-refractivity contribution in [2.24, 2.45) is 11.5 Å². The summed E-state index contributed by atoms with van der Waals surface area (Å²) in [4.78, 5) is 4.90. The highest BCUT2D eigenvalue weighted by Crippen LogP contribution is 2.13. The van der Waals surface area contributed by atoms with Crippen molar-refractivity contribution in [3.05, 3.63) is 59.7 Å². The average Bonchev–Trinajstić information content (AvgIpc) is 2.78. The molecule has 2 aromatic rings. The number of rotatable bonds is 11. The maximum atomic E-state index is 7.42. The van der Waals surface area contributed by atoms with Gasteiger partial charge in [0.05, 0.1) is 6.61 Å². The van der Waals surface area contributed by atoms with Gasteiger partial charge in [-0.2, -0.15) is 0 Å². The van der Waals surface area contributed by atoms with Crippen LogP contribution in [0.1, 0.15) is 17.5 Å². The SMILES string of the molecule is N=C(N)c1ccc(OCCCN2CCN(CCOc3ccc(C(=N)N)cc3)CC2)cc1. The molecule has 31 heavy (non-hydrogen) atoms. The molecule has 2 aromatic carbocycles. The Hall–Kier alpha value is -3.10. The molecule has 0 radical (unpaired) electrons. The van der Waals surface area contributed by atoms with Crippen LogP contribution in [0.25, 0.3) is 0 Å². The molecule has 8 nitrogen and oxygen atoms in total. The number of hydrogen-bond acceptors (Lipinski definition) is 6. The first-order chi connectivity index (χ1) is 15.0. The van der Waals surface area contributed by atoms with Gasteiger partial charge >= 0.3 is 0 Å². The van der Waals surface area contributed by atoms with Crippen LogP contribution in [0, 0.1) is 10.8 Å². The van der Waals surface area contributed by atoms with E-state index in [2.05, 4.69) is 9.80 Å². The number of ether oxygens (including phenoxy) is 2. The Balaban J connectivity index is 1.26. The van der Waals surface area contributed by atoms with Gasteiger partial charge in [-0.3, -0.25) is 15.7 Å². The van der Waals surface area contributed by atoms with E-state index in [1.54, 1.807) is 12.1 Å². The first-order valence-corrected chi connectivity index (χ1v) is 10.6. The monoisotopic (exact) mass is 424 g/mol. The molecule has 1 aliphatic heterocycles. The Kier molecular flexibility index (Phi) is 8.26. The minimum atomic E-state index is 0.0688. The Morgan fingerprint density at radius 3 is 1.55 bits per heavy atom. The highest BCUT2D eigenvalue weighted by Gasteiger charge is 2.16. The predicted molar refractivity (Wildman–Crippen MR) is 123 cm³/mol. The predicted octanol–water partition coefficient (Wildman–Crippen LogP) is 1.72. The Labute approximate surface area is 183 Å². The fraction of sp³-hybridized carbons (Fsp3) is 0.391. The van der Waals surface area contributed by atoms with Crippen LogP contribution < -0.4 is 20.9 Å². The lowest BCUT2D eigenvalue weighted by Crippen LogP contribution is -2.47. The highest BCUT2D eigenvalue weighted by molar-refractivity contribution is 5.95. The molecular weight excluding hydrogens is 392 g/mol. The number of hydrogen-bond donors (Lipinski definition) is 4. The molecule has 3 rings (SSSR count). The molecule has 1 fully saturated rings. The van der Waals surface area contributed by atoms with Gasteiger partial charge in [-0.05, 0) is 55.0 Å². The second kappa shape index (κ2) is 11.3. The van der Waals surface area contributed by atoms with Crippen LogP contribution in [0.15, 0.2) is 48.5 Å². The van der Waals surface area contributed by atoms with Gasteiger partial charge in [0.25, 0.3) is 0 Å². The molecule has 1 aliphatic rings. The van der Waals surface area contributed by atoms with Gasteiger partial charge in [0, 0.05) is 50.4 Å². The molecule has 0 aromatic heterocycles. The fourth-order valence-corrected chi connectivity index (χ4v) is 3.47. The molecule has 0 atom stereocenters. The molecular formula is C23H32N6O2. The maximum absolute atomic E-state index is 7.42. The number of nitrogens with zero attached hydrogens (tertiary/aromatic N) is 2. The molecule has 1 heterocycles. The number of benzene rings is 2. The third-order valence-electron chi connectivity index (χ3n) is 5.36. The van der Waals surface area contributed by atoms with Gasteiger partial charge in [0.2, 0.25) is 0 Å². The lowest BCUT2D eigenvalue weighted by molar-refractivity contribution is 0.112. The van der Waals surface area contributed by atoms with E-state index in [1.807, 2.05) is 36.4 Å². The summed E-state index contributed by atoms with van der Waals surface area (Å²) in [6.07, 6.45) is 0.980. The molecule has 0 aliphatic carbocycles. The minimum Gasteiger partial charge on any atom is -0.494 e. The van der Waals surface area contributed by atoms with E-state index in [9.17, 15) is 0 Å². The molecule has 166 valence electrons. The quantitative estimate of drug-likeness (QED) is 0.247. The molecule has 0 saturated carbocycles. The summed E-state index contributed by atoms with van der Waals surface area (Å²) in [5.41, 5.74) is 12.3. The number of nitrogen functional groups attached to an aromatic ring is 2. The zero-order valence-corrected chi connectivity index (χ0v) is 17.8. The van der Waals surface area contributed by atoms with E-state index in [0.717, 1.165) is 57.2 Å². The van der Waals surface area contributed by atoms with Crippen LogP contribution in [0.4, 0.5) is 0 Å². The van der Waals surface area contributed by atoms with Crippen LogP contribution >= 0.6 is 0 Å². The molecule has 0 unspecified atom stereocenters. The normalized spacial score (nSPS) is 14.8. The van der Waals surface area contributed by atoms with Crippen LogP contribution in [-0.2, 0) is 0 Å². The van der Waals surface area contributed by atoms with Crippen molar-refractivity contribution < 1.29 is 9.47 Å². The third-order valence-corrected chi connectivity index (χ3v) is 5.36. The zero-order chi connectivity index (χ0) is 22.1. The third kappa shape index (κ3) is 7.27. The van der Waals surface area contributed by atoms with E-state index in [0.29, 0.717) is 24.3 Å². The van der Waals surface area contributed by atoms with Crippen molar-refractivity contribution in [2.75, 3.05) is 52.5 Å². The van der Waals surface area contributed by atoms with Crippen molar-refractivity contribution in [2.45, 2.75) is 6.42 Å². The van der Waals surface area contributed by atoms with Gasteiger partial charge in [-0.15, -0.1) is 0 Å². The second-order valence-electron chi connectivity index (χ2n) is 7.61. The second-order valence-corrected chi connectivity index (χ2v) is 7.61.